The number of hydrogen-bond donors (Lipinski definition) is 1. The molecular weight excluding hydrogens is 307 g/mol. The van der Waals surface area contributed by atoms with Crippen molar-refractivity contribution < 1.29 is 9.18 Å². The zero-order chi connectivity index (χ0) is 15.5. The van der Waals surface area contributed by atoms with E-state index in [9.17, 15) is 9.18 Å². The first-order valence-corrected chi connectivity index (χ1v) is 7.24. The summed E-state index contributed by atoms with van der Waals surface area (Å²) in [6, 6.07) is 6.00. The summed E-state index contributed by atoms with van der Waals surface area (Å²) in [6.07, 6.45) is 0. The maximum atomic E-state index is 13.2. The zero-order valence-corrected chi connectivity index (χ0v) is 12.3. The molecule has 0 saturated heterocycles. The molecule has 2 heterocycles. The van der Waals surface area contributed by atoms with Crippen molar-refractivity contribution >= 4 is 22.4 Å². The fourth-order valence-electron chi connectivity index (χ4n) is 1.79. The standard InChI is InChI=1S/C13H11FN6OS/c1-8(21)15-13-16-11(7-22-13)6-20-18-12(17-19-20)9-3-2-4-10(14)5-9/h2-5,7H,6H2,1H3,(H,15,16,21). The smallest absolute Gasteiger partial charge is 0.223 e. The molecule has 0 aliphatic heterocycles. The van der Waals surface area contributed by atoms with Gasteiger partial charge >= 0.3 is 0 Å². The van der Waals surface area contributed by atoms with Gasteiger partial charge in [0.15, 0.2) is 5.13 Å². The SMILES string of the molecule is CC(=O)Nc1nc(Cn2nnc(-c3cccc(F)c3)n2)cs1. The van der Waals surface area contributed by atoms with E-state index in [1.807, 2.05) is 0 Å². The molecular formula is C13H11FN6OS. The molecule has 0 bridgehead atoms. The molecule has 0 atom stereocenters. The van der Waals surface area contributed by atoms with Gasteiger partial charge in [0.25, 0.3) is 0 Å². The van der Waals surface area contributed by atoms with Crippen LogP contribution in [0.4, 0.5) is 9.52 Å². The Balaban J connectivity index is 1.74. The number of rotatable bonds is 4. The van der Waals surface area contributed by atoms with Crippen LogP contribution in [0.5, 0.6) is 0 Å². The van der Waals surface area contributed by atoms with Crippen LogP contribution in [0.2, 0.25) is 0 Å². The van der Waals surface area contributed by atoms with Gasteiger partial charge in [0, 0.05) is 17.9 Å². The Morgan fingerprint density at radius 1 is 1.45 bits per heavy atom. The van der Waals surface area contributed by atoms with Gasteiger partial charge in [-0.05, 0) is 17.3 Å². The molecule has 1 amide bonds. The van der Waals surface area contributed by atoms with Crippen molar-refractivity contribution in [1.29, 1.82) is 0 Å². The molecule has 0 spiro atoms. The zero-order valence-electron chi connectivity index (χ0n) is 11.5. The molecule has 22 heavy (non-hydrogen) atoms. The van der Waals surface area contributed by atoms with Gasteiger partial charge in [-0.1, -0.05) is 12.1 Å². The summed E-state index contributed by atoms with van der Waals surface area (Å²) < 4.78 is 13.2. The number of hydrogen-bond acceptors (Lipinski definition) is 6. The molecule has 2 aromatic heterocycles. The predicted molar refractivity (Wildman–Crippen MR) is 78.7 cm³/mol. The molecule has 0 aliphatic rings. The number of halogens is 1. The topological polar surface area (TPSA) is 85.6 Å². The third-order valence-electron chi connectivity index (χ3n) is 2.67. The van der Waals surface area contributed by atoms with Crippen LogP contribution in [0.25, 0.3) is 11.4 Å². The molecule has 3 aromatic rings. The number of amides is 1. The van der Waals surface area contributed by atoms with E-state index in [-0.39, 0.29) is 11.7 Å². The third kappa shape index (κ3) is 3.31. The van der Waals surface area contributed by atoms with Gasteiger partial charge in [0.2, 0.25) is 11.7 Å². The lowest BCUT2D eigenvalue weighted by Gasteiger charge is -1.96. The second-order valence-electron chi connectivity index (χ2n) is 4.48. The first-order chi connectivity index (χ1) is 10.6. The summed E-state index contributed by atoms with van der Waals surface area (Å²) >= 11 is 1.32. The maximum Gasteiger partial charge on any atom is 0.223 e. The number of nitrogens with one attached hydrogen (secondary N) is 1. The van der Waals surface area contributed by atoms with E-state index >= 15 is 0 Å². The van der Waals surface area contributed by atoms with Gasteiger partial charge in [-0.2, -0.15) is 4.80 Å². The van der Waals surface area contributed by atoms with Crippen molar-refractivity contribution in [3.05, 3.63) is 41.2 Å². The number of nitrogens with zero attached hydrogens (tertiary/aromatic N) is 5. The Morgan fingerprint density at radius 3 is 3.09 bits per heavy atom. The lowest BCUT2D eigenvalue weighted by atomic mass is 10.2. The van der Waals surface area contributed by atoms with Crippen molar-refractivity contribution in [3.63, 3.8) is 0 Å². The highest BCUT2D eigenvalue weighted by Gasteiger charge is 2.09. The van der Waals surface area contributed by atoms with Gasteiger partial charge in [0.1, 0.15) is 12.4 Å². The maximum absolute atomic E-state index is 13.2. The van der Waals surface area contributed by atoms with Crippen molar-refractivity contribution in [2.45, 2.75) is 13.5 Å². The first-order valence-electron chi connectivity index (χ1n) is 6.36. The van der Waals surface area contributed by atoms with Crippen molar-refractivity contribution in [2.75, 3.05) is 5.32 Å². The molecule has 1 N–H and O–H groups in total. The number of carbonyl (C=O) groups excluding carboxylic acids is 1. The number of carbonyl (C=O) groups is 1. The minimum absolute atomic E-state index is 0.173. The average molecular weight is 318 g/mol. The quantitative estimate of drug-likeness (QED) is 0.794. The highest BCUT2D eigenvalue weighted by molar-refractivity contribution is 7.13. The van der Waals surface area contributed by atoms with Crippen LogP contribution in [-0.4, -0.2) is 31.1 Å². The largest absolute Gasteiger partial charge is 0.302 e. The minimum atomic E-state index is -0.353. The normalized spacial score (nSPS) is 10.6. The molecule has 3 rings (SSSR count). The summed E-state index contributed by atoms with van der Waals surface area (Å²) in [5.41, 5.74) is 1.26. The lowest BCUT2D eigenvalue weighted by Crippen LogP contribution is -2.07. The van der Waals surface area contributed by atoms with Crippen LogP contribution in [0, 0.1) is 5.82 Å². The Hall–Kier alpha value is -2.68. The van der Waals surface area contributed by atoms with Gasteiger partial charge in [-0.15, -0.1) is 21.5 Å². The number of aromatic nitrogens is 5. The number of thiazole rings is 1. The molecule has 1 aromatic carbocycles. The highest BCUT2D eigenvalue weighted by Crippen LogP contribution is 2.17. The average Bonchev–Trinajstić information content (AvgIpc) is 3.08. The molecule has 0 fully saturated rings. The summed E-state index contributed by atoms with van der Waals surface area (Å²) in [5, 5.41) is 16.9. The number of tetrazole rings is 1. The van der Waals surface area contributed by atoms with Crippen molar-refractivity contribution in [3.8, 4) is 11.4 Å². The van der Waals surface area contributed by atoms with Crippen LogP contribution in [-0.2, 0) is 11.3 Å². The van der Waals surface area contributed by atoms with Crippen LogP contribution < -0.4 is 5.32 Å². The second kappa shape index (κ2) is 5.98. The summed E-state index contributed by atoms with van der Waals surface area (Å²) in [7, 11) is 0. The van der Waals surface area contributed by atoms with E-state index in [1.54, 1.807) is 17.5 Å². The fourth-order valence-corrected chi connectivity index (χ4v) is 2.53. The van der Waals surface area contributed by atoms with Gasteiger partial charge in [-0.3, -0.25) is 4.79 Å². The molecule has 0 saturated carbocycles. The molecule has 0 radical (unpaired) electrons. The first kappa shape index (κ1) is 14.3. The Bertz CT molecular complexity index is 814. The van der Waals surface area contributed by atoms with Crippen LogP contribution in [0.15, 0.2) is 29.6 Å². The van der Waals surface area contributed by atoms with Crippen LogP contribution >= 0.6 is 11.3 Å². The Morgan fingerprint density at radius 2 is 2.32 bits per heavy atom. The van der Waals surface area contributed by atoms with Crippen LogP contribution in [0.1, 0.15) is 12.6 Å². The van der Waals surface area contributed by atoms with E-state index in [2.05, 4.69) is 25.7 Å². The lowest BCUT2D eigenvalue weighted by molar-refractivity contribution is -0.114. The molecule has 0 unspecified atom stereocenters. The molecule has 0 aliphatic carbocycles. The third-order valence-corrected chi connectivity index (χ3v) is 3.48. The summed E-state index contributed by atoms with van der Waals surface area (Å²) in [6.45, 7) is 1.74. The van der Waals surface area contributed by atoms with Gasteiger partial charge < -0.3 is 5.32 Å². The highest BCUT2D eigenvalue weighted by atomic mass is 32.1. The molecule has 7 nitrogen and oxygen atoms in total. The van der Waals surface area contributed by atoms with E-state index in [0.717, 1.165) is 0 Å². The van der Waals surface area contributed by atoms with Crippen molar-refractivity contribution in [2.24, 2.45) is 0 Å². The fraction of sp³-hybridized carbons (Fsp3) is 0.154. The van der Waals surface area contributed by atoms with E-state index in [4.69, 9.17) is 0 Å². The second-order valence-corrected chi connectivity index (χ2v) is 5.34. The summed E-state index contributed by atoms with van der Waals surface area (Å²) in [4.78, 5) is 16.6. The molecule has 112 valence electrons. The monoisotopic (exact) mass is 318 g/mol. The van der Waals surface area contributed by atoms with E-state index < -0.39 is 0 Å². The molecule has 9 heteroatoms. The minimum Gasteiger partial charge on any atom is -0.302 e. The van der Waals surface area contributed by atoms with Crippen molar-refractivity contribution in [1.82, 2.24) is 25.2 Å². The number of benzene rings is 1. The summed E-state index contributed by atoms with van der Waals surface area (Å²) in [5.74, 6) is -0.182. The van der Waals surface area contributed by atoms with E-state index in [1.165, 1.54) is 35.2 Å². The number of anilines is 1. The van der Waals surface area contributed by atoms with E-state index in [0.29, 0.717) is 28.8 Å². The predicted octanol–water partition coefficient (Wildman–Crippen LogP) is 1.94. The van der Waals surface area contributed by atoms with Crippen LogP contribution in [0.3, 0.4) is 0 Å². The Kier molecular flexibility index (Phi) is 3.88. The Labute approximate surface area is 128 Å². The van der Waals surface area contributed by atoms with Gasteiger partial charge in [0.05, 0.1) is 5.69 Å². The van der Waals surface area contributed by atoms with Gasteiger partial charge in [-0.25, -0.2) is 9.37 Å².